The van der Waals surface area contributed by atoms with Gasteiger partial charge in [-0.2, -0.15) is 0 Å². The summed E-state index contributed by atoms with van der Waals surface area (Å²) in [4.78, 5) is 25.1. The van der Waals surface area contributed by atoms with Crippen molar-refractivity contribution in [3.05, 3.63) is 39.2 Å². The number of ether oxygens (including phenoxy) is 3. The third-order valence-electron chi connectivity index (χ3n) is 5.99. The first kappa shape index (κ1) is 22.8. The van der Waals surface area contributed by atoms with Gasteiger partial charge in [0.25, 0.3) is 0 Å². The predicted octanol–water partition coefficient (Wildman–Crippen LogP) is 2.91. The van der Waals surface area contributed by atoms with Crippen LogP contribution in [0.5, 0.6) is 0 Å². The molecule has 3 heterocycles. The molecule has 0 saturated heterocycles. The summed E-state index contributed by atoms with van der Waals surface area (Å²) in [5.41, 5.74) is 5.05. The first-order valence-electron chi connectivity index (χ1n) is 11.4. The Bertz CT molecular complexity index is 998. The lowest BCUT2D eigenvalue weighted by molar-refractivity contribution is -0.137. The Labute approximate surface area is 187 Å². The van der Waals surface area contributed by atoms with Gasteiger partial charge in [0.05, 0.1) is 33.0 Å². The molecule has 0 bridgehead atoms. The highest BCUT2D eigenvalue weighted by molar-refractivity contribution is 5.90. The maximum absolute atomic E-state index is 12.3. The summed E-state index contributed by atoms with van der Waals surface area (Å²) in [7, 11) is 0. The summed E-state index contributed by atoms with van der Waals surface area (Å²) in [6.07, 6.45) is 4.85. The largest absolute Gasteiger partial charge is 0.481 e. The highest BCUT2D eigenvalue weighted by atomic mass is 16.5. The van der Waals surface area contributed by atoms with Crippen LogP contribution in [0.15, 0.2) is 21.3 Å². The molecule has 2 aliphatic heterocycles. The Morgan fingerprint density at radius 1 is 1.00 bits per heavy atom. The van der Waals surface area contributed by atoms with Gasteiger partial charge in [-0.25, -0.2) is 4.79 Å². The maximum atomic E-state index is 12.3. The molecule has 0 radical (unpaired) electrons. The van der Waals surface area contributed by atoms with Crippen LogP contribution in [0.25, 0.3) is 11.0 Å². The normalized spacial score (nSPS) is 15.2. The van der Waals surface area contributed by atoms with Gasteiger partial charge in [0, 0.05) is 48.8 Å². The van der Waals surface area contributed by atoms with Crippen molar-refractivity contribution < 1.29 is 28.5 Å². The quantitative estimate of drug-likeness (QED) is 0.393. The number of carboxylic acids is 1. The number of hydrogen-bond acceptors (Lipinski definition) is 7. The van der Waals surface area contributed by atoms with Gasteiger partial charge in [-0.05, 0) is 49.3 Å². The number of nitrogens with zero attached hydrogens (tertiary/aromatic N) is 1. The van der Waals surface area contributed by atoms with Crippen molar-refractivity contribution in [2.45, 2.75) is 45.1 Å². The molecule has 2 aliphatic rings. The highest BCUT2D eigenvalue weighted by Crippen LogP contribution is 2.40. The van der Waals surface area contributed by atoms with Gasteiger partial charge in [0.2, 0.25) is 0 Å². The summed E-state index contributed by atoms with van der Waals surface area (Å²) in [5, 5.41) is 9.55. The fourth-order valence-electron chi connectivity index (χ4n) is 4.60. The average molecular weight is 446 g/mol. The van der Waals surface area contributed by atoms with Gasteiger partial charge < -0.3 is 28.6 Å². The van der Waals surface area contributed by atoms with Crippen molar-refractivity contribution in [2.75, 3.05) is 51.0 Å². The average Bonchev–Trinajstić information content (AvgIpc) is 2.78. The smallest absolute Gasteiger partial charge is 0.336 e. The Balaban J connectivity index is 1.30. The van der Waals surface area contributed by atoms with E-state index in [0.717, 1.165) is 55.3 Å². The first-order valence-corrected chi connectivity index (χ1v) is 11.4. The molecular weight excluding hydrogens is 414 g/mol. The van der Waals surface area contributed by atoms with Crippen molar-refractivity contribution >= 4 is 22.6 Å². The molecular formula is C24H31NO7. The fourth-order valence-corrected chi connectivity index (χ4v) is 4.60. The van der Waals surface area contributed by atoms with E-state index in [2.05, 4.69) is 11.0 Å². The van der Waals surface area contributed by atoms with E-state index >= 15 is 0 Å². The van der Waals surface area contributed by atoms with Crippen LogP contribution in [0.1, 0.15) is 42.4 Å². The van der Waals surface area contributed by atoms with Gasteiger partial charge in [-0.3, -0.25) is 4.79 Å². The number of rotatable bonds is 12. The van der Waals surface area contributed by atoms with Crippen LogP contribution in [-0.4, -0.2) is 57.2 Å². The molecule has 0 fully saturated rings. The van der Waals surface area contributed by atoms with Crippen LogP contribution in [0.2, 0.25) is 0 Å². The Morgan fingerprint density at radius 2 is 1.72 bits per heavy atom. The molecule has 1 aromatic heterocycles. The van der Waals surface area contributed by atoms with E-state index in [1.165, 1.54) is 22.9 Å². The van der Waals surface area contributed by atoms with Gasteiger partial charge in [0.1, 0.15) is 5.58 Å². The van der Waals surface area contributed by atoms with Gasteiger partial charge in [-0.1, -0.05) is 0 Å². The minimum absolute atomic E-state index is 0.115. The summed E-state index contributed by atoms with van der Waals surface area (Å²) in [6.45, 7) is 4.59. The summed E-state index contributed by atoms with van der Waals surface area (Å²) < 4.78 is 22.3. The zero-order valence-electron chi connectivity index (χ0n) is 18.4. The van der Waals surface area contributed by atoms with Crippen molar-refractivity contribution in [3.63, 3.8) is 0 Å². The van der Waals surface area contributed by atoms with Crippen molar-refractivity contribution in [2.24, 2.45) is 0 Å². The minimum Gasteiger partial charge on any atom is -0.481 e. The monoisotopic (exact) mass is 445 g/mol. The zero-order chi connectivity index (χ0) is 22.3. The fraction of sp³-hybridized carbons (Fsp3) is 0.583. The SMILES string of the molecule is O=C(O)CCCOCCOCCOCc1cc(=O)oc2c3c4c(cc12)CCCN4CCC3. The van der Waals surface area contributed by atoms with E-state index in [-0.39, 0.29) is 12.0 Å². The molecule has 1 aromatic carbocycles. The number of fused-ring (bicyclic) bond motifs is 2. The summed E-state index contributed by atoms with van der Waals surface area (Å²) in [5.74, 6) is -0.813. The predicted molar refractivity (Wildman–Crippen MR) is 120 cm³/mol. The molecule has 0 unspecified atom stereocenters. The number of carboxylic acid groups (broad SMARTS) is 1. The number of anilines is 1. The molecule has 8 nitrogen and oxygen atoms in total. The van der Waals surface area contributed by atoms with Crippen LogP contribution < -0.4 is 10.5 Å². The molecule has 0 atom stereocenters. The lowest BCUT2D eigenvalue weighted by Crippen LogP contribution is -2.34. The number of hydrogen-bond donors (Lipinski definition) is 1. The molecule has 4 rings (SSSR count). The molecule has 0 saturated carbocycles. The van der Waals surface area contributed by atoms with Crippen LogP contribution in [0.4, 0.5) is 5.69 Å². The molecule has 2 aromatic rings. The van der Waals surface area contributed by atoms with E-state index in [1.54, 1.807) is 0 Å². The van der Waals surface area contributed by atoms with Crippen LogP contribution in [-0.2, 0) is 38.5 Å². The van der Waals surface area contributed by atoms with E-state index in [4.69, 9.17) is 23.7 Å². The van der Waals surface area contributed by atoms with Crippen LogP contribution in [0, 0.1) is 0 Å². The summed E-state index contributed by atoms with van der Waals surface area (Å²) >= 11 is 0. The van der Waals surface area contributed by atoms with Crippen LogP contribution >= 0.6 is 0 Å². The van der Waals surface area contributed by atoms with Crippen molar-refractivity contribution in [1.82, 2.24) is 0 Å². The van der Waals surface area contributed by atoms with Crippen molar-refractivity contribution in [3.8, 4) is 0 Å². The number of aliphatic carboxylic acids is 1. The third kappa shape index (κ3) is 5.49. The van der Waals surface area contributed by atoms with Crippen LogP contribution in [0.3, 0.4) is 0 Å². The molecule has 0 amide bonds. The molecule has 174 valence electrons. The summed E-state index contributed by atoms with van der Waals surface area (Å²) in [6, 6.07) is 3.72. The van der Waals surface area contributed by atoms with Gasteiger partial charge >= 0.3 is 11.6 Å². The number of aryl methyl sites for hydroxylation is 2. The molecule has 32 heavy (non-hydrogen) atoms. The lowest BCUT2D eigenvalue weighted by atomic mass is 9.89. The lowest BCUT2D eigenvalue weighted by Gasteiger charge is -2.37. The first-order chi connectivity index (χ1) is 15.6. The van der Waals surface area contributed by atoms with Gasteiger partial charge in [0.15, 0.2) is 0 Å². The highest BCUT2D eigenvalue weighted by Gasteiger charge is 2.27. The van der Waals surface area contributed by atoms with Crippen molar-refractivity contribution in [1.29, 1.82) is 0 Å². The second-order valence-electron chi connectivity index (χ2n) is 8.30. The number of carbonyl (C=O) groups is 1. The second-order valence-corrected chi connectivity index (χ2v) is 8.30. The second kappa shape index (κ2) is 10.9. The molecule has 0 spiro atoms. The minimum atomic E-state index is -0.813. The third-order valence-corrected chi connectivity index (χ3v) is 5.99. The van der Waals surface area contributed by atoms with E-state index in [0.29, 0.717) is 46.1 Å². The number of benzene rings is 1. The van der Waals surface area contributed by atoms with E-state index in [1.807, 2.05) is 0 Å². The Kier molecular flexibility index (Phi) is 7.78. The standard InChI is InChI=1S/C24H31NO7/c26-21(27)6-3-9-29-10-11-30-12-13-31-16-18-15-22(28)32-24-19-5-2-8-25-7-1-4-17(23(19)25)14-20(18)24/h14-15H,1-13,16H2,(H,26,27). The molecule has 0 aliphatic carbocycles. The Hall–Kier alpha value is -2.42. The van der Waals surface area contributed by atoms with E-state index in [9.17, 15) is 9.59 Å². The molecule has 8 heteroatoms. The molecule has 1 N–H and O–H groups in total. The van der Waals surface area contributed by atoms with Gasteiger partial charge in [-0.15, -0.1) is 0 Å². The Morgan fingerprint density at radius 3 is 2.50 bits per heavy atom. The maximum Gasteiger partial charge on any atom is 0.336 e. The van der Waals surface area contributed by atoms with E-state index < -0.39 is 5.97 Å². The zero-order valence-corrected chi connectivity index (χ0v) is 18.4. The topological polar surface area (TPSA) is 98.4 Å².